The quantitative estimate of drug-likeness (QED) is 0.117. The van der Waals surface area contributed by atoms with Crippen LogP contribution in [0.2, 0.25) is 0 Å². The maximum atomic E-state index is 13.3. The van der Waals surface area contributed by atoms with Crippen LogP contribution in [0.25, 0.3) is 17.2 Å². The van der Waals surface area contributed by atoms with Crippen LogP contribution < -0.4 is 25.1 Å². The van der Waals surface area contributed by atoms with Gasteiger partial charge in [0, 0.05) is 80.8 Å². The number of rotatable bonds is 13. The van der Waals surface area contributed by atoms with E-state index in [-0.39, 0.29) is 29.0 Å². The smallest absolute Gasteiger partial charge is 0.265 e. The van der Waals surface area contributed by atoms with Gasteiger partial charge in [-0.05, 0) is 68.2 Å². The molecule has 0 radical (unpaired) electrons. The van der Waals surface area contributed by atoms with Crippen LogP contribution in [-0.4, -0.2) is 103 Å². The summed E-state index contributed by atoms with van der Waals surface area (Å²) >= 11 is 1.38. The molecule has 1 atom stereocenters. The SMILES string of the molecule is COc1cc(-c2cn(C)c(=O)c(C)c2C)cc(OC)c1CN1CCN(CC(=O)NCCOc2cccc3c2CCN(C(=O)/C(C#N)=C/c2nccs2)C3C)CC1. The van der Waals surface area contributed by atoms with Gasteiger partial charge >= 0.3 is 0 Å². The molecule has 1 saturated heterocycles. The molecule has 0 saturated carbocycles. The van der Waals surface area contributed by atoms with E-state index < -0.39 is 0 Å². The van der Waals surface area contributed by atoms with E-state index in [0.717, 1.165) is 76.8 Å². The molecular weight excluding hydrogens is 731 g/mol. The van der Waals surface area contributed by atoms with Gasteiger partial charge in [-0.1, -0.05) is 12.1 Å². The Labute approximate surface area is 331 Å². The minimum Gasteiger partial charge on any atom is -0.496 e. The summed E-state index contributed by atoms with van der Waals surface area (Å²) in [6.07, 6.45) is 5.64. The van der Waals surface area contributed by atoms with Crippen LogP contribution in [0.5, 0.6) is 17.2 Å². The first kappa shape index (κ1) is 40.2. The molecule has 4 aromatic rings. The largest absolute Gasteiger partial charge is 0.496 e. The Balaban J connectivity index is 0.975. The maximum Gasteiger partial charge on any atom is 0.265 e. The van der Waals surface area contributed by atoms with E-state index in [1.54, 1.807) is 48.4 Å². The Kier molecular flexibility index (Phi) is 12.9. The van der Waals surface area contributed by atoms with Gasteiger partial charge in [-0.3, -0.25) is 24.2 Å². The van der Waals surface area contributed by atoms with Gasteiger partial charge in [0.15, 0.2) is 0 Å². The topological polar surface area (TPSA) is 142 Å². The van der Waals surface area contributed by atoms with Crippen LogP contribution in [0.3, 0.4) is 0 Å². The average molecular weight is 780 g/mol. The molecule has 14 heteroatoms. The predicted octanol–water partition coefficient (Wildman–Crippen LogP) is 4.51. The molecule has 2 aromatic carbocycles. The van der Waals surface area contributed by atoms with Crippen molar-refractivity contribution in [3.8, 4) is 34.4 Å². The zero-order valence-electron chi connectivity index (χ0n) is 32.9. The Bertz CT molecular complexity index is 2180. The standard InChI is InChI=1S/C42H49N7O6S/c1-27-28(2)41(51)46(4)24-34(27)30-20-37(53-5)35(38(21-30)54-6)25-47-14-16-48(17-15-47)26-39(50)44-11-18-55-36-9-7-8-32-29(3)49(13-10-33(32)36)42(52)31(23-43)22-40-45-12-19-56-40/h7-9,12,19-22,24,29H,10-11,13-18,25-26H2,1-6H3,(H,44,50)/b31-22+. The number of amides is 2. The number of aryl methyl sites for hydroxylation is 1. The number of carbonyl (C=O) groups is 2. The number of hydrogen-bond donors (Lipinski definition) is 1. The molecule has 13 nitrogen and oxygen atoms in total. The van der Waals surface area contributed by atoms with Crippen molar-refractivity contribution in [1.82, 2.24) is 29.6 Å². The van der Waals surface area contributed by atoms with Gasteiger partial charge in [0.1, 0.15) is 40.5 Å². The first-order valence-electron chi connectivity index (χ1n) is 18.7. The minimum atomic E-state index is -0.313. The van der Waals surface area contributed by atoms with Crippen molar-refractivity contribution in [3.05, 3.63) is 96.9 Å². The summed E-state index contributed by atoms with van der Waals surface area (Å²) in [5.41, 5.74) is 6.55. The molecule has 1 fully saturated rings. The molecule has 2 aliphatic heterocycles. The number of pyridine rings is 1. The molecule has 2 aliphatic rings. The van der Waals surface area contributed by atoms with Gasteiger partial charge in [-0.2, -0.15) is 5.26 Å². The van der Waals surface area contributed by atoms with Crippen molar-refractivity contribution in [1.29, 1.82) is 5.26 Å². The second-order valence-corrected chi connectivity index (χ2v) is 15.0. The molecule has 1 unspecified atom stereocenters. The molecule has 2 aromatic heterocycles. The third-order valence-corrected chi connectivity index (χ3v) is 11.5. The molecule has 56 heavy (non-hydrogen) atoms. The predicted molar refractivity (Wildman–Crippen MR) is 216 cm³/mol. The molecule has 0 aliphatic carbocycles. The number of nitrogens with one attached hydrogen (secondary N) is 1. The molecule has 0 bridgehead atoms. The van der Waals surface area contributed by atoms with E-state index in [1.165, 1.54) is 11.3 Å². The van der Waals surface area contributed by atoms with E-state index in [9.17, 15) is 19.6 Å². The summed E-state index contributed by atoms with van der Waals surface area (Å²) in [5.74, 6) is 1.82. The highest BCUT2D eigenvalue weighted by atomic mass is 32.1. The van der Waals surface area contributed by atoms with Crippen molar-refractivity contribution in [2.24, 2.45) is 7.05 Å². The van der Waals surface area contributed by atoms with Crippen LogP contribution in [0.15, 0.2) is 58.5 Å². The van der Waals surface area contributed by atoms with E-state index >= 15 is 0 Å². The number of ether oxygens (including phenoxy) is 3. The van der Waals surface area contributed by atoms with Crippen molar-refractivity contribution in [2.75, 3.05) is 66.6 Å². The van der Waals surface area contributed by atoms with Gasteiger partial charge in [0.2, 0.25) is 5.91 Å². The summed E-state index contributed by atoms with van der Waals surface area (Å²) < 4.78 is 19.5. The highest BCUT2D eigenvalue weighted by molar-refractivity contribution is 7.10. The van der Waals surface area contributed by atoms with Gasteiger partial charge in [-0.25, -0.2) is 4.98 Å². The number of thiazole rings is 1. The van der Waals surface area contributed by atoms with Gasteiger partial charge in [-0.15, -0.1) is 11.3 Å². The third kappa shape index (κ3) is 8.81. The Morgan fingerprint density at radius 2 is 1.75 bits per heavy atom. The van der Waals surface area contributed by atoms with Crippen LogP contribution in [0, 0.1) is 25.2 Å². The Morgan fingerprint density at radius 3 is 2.41 bits per heavy atom. The lowest BCUT2D eigenvalue weighted by molar-refractivity contribution is -0.129. The first-order valence-corrected chi connectivity index (χ1v) is 19.6. The van der Waals surface area contributed by atoms with E-state index in [1.807, 2.05) is 63.4 Å². The van der Waals surface area contributed by atoms with Crippen LogP contribution in [0.4, 0.5) is 0 Å². The second-order valence-electron chi connectivity index (χ2n) is 14.1. The number of benzene rings is 2. The summed E-state index contributed by atoms with van der Waals surface area (Å²) in [6.45, 7) is 10.9. The molecule has 294 valence electrons. The number of piperazine rings is 1. The fourth-order valence-electron chi connectivity index (χ4n) is 7.48. The van der Waals surface area contributed by atoms with Crippen LogP contribution in [0.1, 0.15) is 45.8 Å². The summed E-state index contributed by atoms with van der Waals surface area (Å²) in [7, 11) is 5.08. The average Bonchev–Trinajstić information content (AvgIpc) is 3.73. The lowest BCUT2D eigenvalue weighted by Gasteiger charge is -2.36. The zero-order chi connectivity index (χ0) is 39.9. The lowest BCUT2D eigenvalue weighted by atomic mass is 9.92. The molecule has 0 spiro atoms. The van der Waals surface area contributed by atoms with E-state index in [2.05, 4.69) is 20.1 Å². The molecule has 1 N–H and O–H groups in total. The summed E-state index contributed by atoms with van der Waals surface area (Å²) in [4.78, 5) is 49.1. The Morgan fingerprint density at radius 1 is 1.04 bits per heavy atom. The van der Waals surface area contributed by atoms with Gasteiger partial charge in [0.25, 0.3) is 11.5 Å². The first-order chi connectivity index (χ1) is 27.0. The fraction of sp³-hybridized carbons (Fsp3) is 0.405. The van der Waals surface area contributed by atoms with Gasteiger partial charge in [0.05, 0.1) is 38.9 Å². The molecule has 6 rings (SSSR count). The van der Waals surface area contributed by atoms with E-state index in [4.69, 9.17) is 14.2 Å². The fourth-order valence-corrected chi connectivity index (χ4v) is 8.04. The highest BCUT2D eigenvalue weighted by Crippen LogP contribution is 2.38. The van der Waals surface area contributed by atoms with Crippen molar-refractivity contribution in [2.45, 2.75) is 39.8 Å². The third-order valence-electron chi connectivity index (χ3n) is 10.8. The van der Waals surface area contributed by atoms with Crippen LogP contribution in [-0.2, 0) is 29.6 Å². The molecule has 4 heterocycles. The van der Waals surface area contributed by atoms with E-state index in [0.29, 0.717) is 49.8 Å². The lowest BCUT2D eigenvalue weighted by Crippen LogP contribution is -2.49. The highest BCUT2D eigenvalue weighted by Gasteiger charge is 2.31. The van der Waals surface area contributed by atoms with Gasteiger partial charge < -0.3 is 29.0 Å². The molecular formula is C42H49N7O6S. The number of carbonyl (C=O) groups excluding carboxylic acids is 2. The number of hydrogen-bond acceptors (Lipinski definition) is 11. The molecule has 2 amide bonds. The number of nitriles is 1. The second kappa shape index (κ2) is 18.0. The number of fused-ring (bicyclic) bond motifs is 1. The minimum absolute atomic E-state index is 0.0109. The number of nitrogens with zero attached hydrogens (tertiary/aromatic N) is 6. The number of aromatic nitrogens is 2. The van der Waals surface area contributed by atoms with Crippen molar-refractivity contribution < 1.29 is 23.8 Å². The number of methoxy groups -OCH3 is 2. The normalized spacial score (nSPS) is 16.2. The maximum absolute atomic E-state index is 13.3. The monoisotopic (exact) mass is 779 g/mol. The van der Waals surface area contributed by atoms with Crippen molar-refractivity contribution in [3.63, 3.8) is 0 Å². The Hall–Kier alpha value is -5.49. The zero-order valence-corrected chi connectivity index (χ0v) is 33.7. The van der Waals surface area contributed by atoms with Crippen LogP contribution >= 0.6 is 11.3 Å². The van der Waals surface area contributed by atoms with Crippen molar-refractivity contribution >= 4 is 29.2 Å². The summed E-state index contributed by atoms with van der Waals surface area (Å²) in [6, 6.07) is 11.6. The summed E-state index contributed by atoms with van der Waals surface area (Å²) in [5, 5.41) is 15.1.